The highest BCUT2D eigenvalue weighted by atomic mass is 16.5. The van der Waals surface area contributed by atoms with Crippen molar-refractivity contribution in [3.63, 3.8) is 0 Å². The number of aromatic nitrogens is 2. The predicted octanol–water partition coefficient (Wildman–Crippen LogP) is 1.26. The molecule has 0 saturated carbocycles. The third-order valence-corrected chi connectivity index (χ3v) is 1.73. The van der Waals surface area contributed by atoms with Crippen LogP contribution in [0.4, 0.5) is 5.88 Å². The number of aryl methyl sites for hydroxylation is 1. The molecule has 12 heavy (non-hydrogen) atoms. The lowest BCUT2D eigenvalue weighted by molar-refractivity contribution is 0.438. The van der Waals surface area contributed by atoms with Crippen LogP contribution in [0.3, 0.4) is 0 Å². The molecule has 2 N–H and O–H groups in total. The zero-order chi connectivity index (χ0) is 8.55. The molecule has 62 valence electrons. The average molecular weight is 163 g/mol. The first kappa shape index (κ1) is 6.97. The summed E-state index contributed by atoms with van der Waals surface area (Å²) in [5, 5.41) is 3.80. The fraction of sp³-hybridized carbons (Fsp3) is 0.125. The van der Waals surface area contributed by atoms with Crippen molar-refractivity contribution in [1.82, 2.24) is 9.72 Å². The van der Waals surface area contributed by atoms with Gasteiger partial charge >= 0.3 is 0 Å². The number of rotatable bonds is 1. The van der Waals surface area contributed by atoms with Gasteiger partial charge in [0.05, 0.1) is 5.69 Å². The molecule has 0 aliphatic carbocycles. The standard InChI is InChI=1S/C8H9N3O/c1-11-4-2-3-7(11)6-5-8(9)12-10-6/h2-5H,9H2,1H3. The van der Waals surface area contributed by atoms with Gasteiger partial charge in [0.2, 0.25) is 5.88 Å². The minimum absolute atomic E-state index is 0.339. The molecule has 0 aliphatic heterocycles. The third kappa shape index (κ3) is 0.972. The molecule has 0 bridgehead atoms. The Bertz CT molecular complexity index is 388. The molecular weight excluding hydrogens is 154 g/mol. The van der Waals surface area contributed by atoms with Crippen molar-refractivity contribution in [3.8, 4) is 11.4 Å². The molecule has 0 spiro atoms. The molecule has 0 amide bonds. The molecule has 2 heterocycles. The van der Waals surface area contributed by atoms with Crippen molar-refractivity contribution in [2.24, 2.45) is 7.05 Å². The molecule has 0 aromatic carbocycles. The molecule has 0 atom stereocenters. The van der Waals surface area contributed by atoms with Crippen LogP contribution in [-0.4, -0.2) is 9.72 Å². The molecule has 0 saturated heterocycles. The van der Waals surface area contributed by atoms with Crippen LogP contribution in [0.1, 0.15) is 0 Å². The topological polar surface area (TPSA) is 57.0 Å². The Morgan fingerprint density at radius 2 is 2.42 bits per heavy atom. The largest absolute Gasteiger partial charge is 0.368 e. The van der Waals surface area contributed by atoms with Crippen LogP contribution >= 0.6 is 0 Å². The van der Waals surface area contributed by atoms with Gasteiger partial charge in [0.25, 0.3) is 0 Å². The van der Waals surface area contributed by atoms with Gasteiger partial charge in [0.1, 0.15) is 5.69 Å². The van der Waals surface area contributed by atoms with Gasteiger partial charge in [-0.3, -0.25) is 0 Å². The average Bonchev–Trinajstić information content (AvgIpc) is 2.58. The van der Waals surface area contributed by atoms with Crippen molar-refractivity contribution >= 4 is 5.88 Å². The van der Waals surface area contributed by atoms with Crippen LogP contribution in [0.25, 0.3) is 11.4 Å². The number of hydrogen-bond donors (Lipinski definition) is 1. The Morgan fingerprint density at radius 3 is 2.92 bits per heavy atom. The van der Waals surface area contributed by atoms with E-state index in [0.29, 0.717) is 5.88 Å². The monoisotopic (exact) mass is 163 g/mol. The second kappa shape index (κ2) is 2.41. The molecule has 4 heteroatoms. The molecule has 0 aliphatic rings. The fourth-order valence-electron chi connectivity index (χ4n) is 1.14. The highest BCUT2D eigenvalue weighted by Gasteiger charge is 2.05. The molecule has 2 aromatic heterocycles. The van der Waals surface area contributed by atoms with Gasteiger partial charge in [0.15, 0.2) is 0 Å². The Kier molecular flexibility index (Phi) is 1.40. The first-order valence-electron chi connectivity index (χ1n) is 3.61. The van der Waals surface area contributed by atoms with Gasteiger partial charge < -0.3 is 14.8 Å². The normalized spacial score (nSPS) is 10.4. The first-order valence-corrected chi connectivity index (χ1v) is 3.61. The van der Waals surface area contributed by atoms with Gasteiger partial charge in [-0.05, 0) is 12.1 Å². The van der Waals surface area contributed by atoms with Crippen LogP contribution in [0.2, 0.25) is 0 Å². The second-order valence-electron chi connectivity index (χ2n) is 2.62. The van der Waals surface area contributed by atoms with Crippen molar-refractivity contribution < 1.29 is 4.52 Å². The van der Waals surface area contributed by atoms with Crippen molar-refractivity contribution in [3.05, 3.63) is 24.4 Å². The second-order valence-corrected chi connectivity index (χ2v) is 2.62. The number of nitrogen functional groups attached to an aromatic ring is 1. The highest BCUT2D eigenvalue weighted by molar-refractivity contribution is 5.57. The summed E-state index contributed by atoms with van der Waals surface area (Å²) in [6.07, 6.45) is 1.94. The summed E-state index contributed by atoms with van der Waals surface area (Å²) in [7, 11) is 1.94. The predicted molar refractivity (Wildman–Crippen MR) is 45.3 cm³/mol. The van der Waals surface area contributed by atoms with E-state index in [1.165, 1.54) is 0 Å². The summed E-state index contributed by atoms with van der Waals surface area (Å²) < 4.78 is 6.71. The molecule has 4 nitrogen and oxygen atoms in total. The van der Waals surface area contributed by atoms with Crippen LogP contribution in [0, 0.1) is 0 Å². The van der Waals surface area contributed by atoms with Gasteiger partial charge in [-0.15, -0.1) is 0 Å². The minimum Gasteiger partial charge on any atom is -0.368 e. The van der Waals surface area contributed by atoms with E-state index in [2.05, 4.69) is 5.16 Å². The van der Waals surface area contributed by atoms with E-state index >= 15 is 0 Å². The van der Waals surface area contributed by atoms with Crippen LogP contribution < -0.4 is 5.73 Å². The Labute approximate surface area is 69.6 Å². The summed E-state index contributed by atoms with van der Waals surface area (Å²) in [5.74, 6) is 0.339. The Morgan fingerprint density at radius 1 is 1.58 bits per heavy atom. The Balaban J connectivity index is 2.50. The number of nitrogens with two attached hydrogens (primary N) is 1. The summed E-state index contributed by atoms with van der Waals surface area (Å²) in [6, 6.07) is 5.60. The van der Waals surface area contributed by atoms with Crippen LogP contribution in [0.5, 0.6) is 0 Å². The first-order chi connectivity index (χ1) is 5.77. The lowest BCUT2D eigenvalue weighted by Crippen LogP contribution is -1.88. The minimum atomic E-state index is 0.339. The van der Waals surface area contributed by atoms with E-state index in [1.807, 2.05) is 29.9 Å². The number of anilines is 1. The van der Waals surface area contributed by atoms with Gasteiger partial charge in [-0.1, -0.05) is 5.16 Å². The summed E-state index contributed by atoms with van der Waals surface area (Å²) in [6.45, 7) is 0. The SMILES string of the molecule is Cn1cccc1-c1cc(N)on1. The van der Waals surface area contributed by atoms with Crippen molar-refractivity contribution in [2.45, 2.75) is 0 Å². The molecule has 0 radical (unpaired) electrons. The van der Waals surface area contributed by atoms with Crippen molar-refractivity contribution in [2.75, 3.05) is 5.73 Å². The molecule has 2 aromatic rings. The maximum atomic E-state index is 5.40. The summed E-state index contributed by atoms with van der Waals surface area (Å²) in [5.41, 5.74) is 7.16. The van der Waals surface area contributed by atoms with Crippen LogP contribution in [-0.2, 0) is 7.05 Å². The van der Waals surface area contributed by atoms with Gasteiger partial charge in [-0.2, -0.15) is 0 Å². The molecular formula is C8H9N3O. The lowest BCUT2D eigenvalue weighted by Gasteiger charge is -1.95. The zero-order valence-corrected chi connectivity index (χ0v) is 6.69. The number of nitrogens with zero attached hydrogens (tertiary/aromatic N) is 2. The number of hydrogen-bond acceptors (Lipinski definition) is 3. The van der Waals surface area contributed by atoms with Gasteiger partial charge in [-0.25, -0.2) is 0 Å². The van der Waals surface area contributed by atoms with E-state index in [1.54, 1.807) is 6.07 Å². The maximum absolute atomic E-state index is 5.40. The fourth-order valence-corrected chi connectivity index (χ4v) is 1.14. The Hall–Kier alpha value is -1.71. The molecule has 2 rings (SSSR count). The van der Waals surface area contributed by atoms with Gasteiger partial charge in [0, 0.05) is 19.3 Å². The third-order valence-electron chi connectivity index (χ3n) is 1.73. The van der Waals surface area contributed by atoms with E-state index in [9.17, 15) is 0 Å². The van der Waals surface area contributed by atoms with E-state index in [-0.39, 0.29) is 0 Å². The van der Waals surface area contributed by atoms with E-state index < -0.39 is 0 Å². The molecule has 0 unspecified atom stereocenters. The maximum Gasteiger partial charge on any atom is 0.222 e. The highest BCUT2D eigenvalue weighted by Crippen LogP contribution is 2.19. The smallest absolute Gasteiger partial charge is 0.222 e. The zero-order valence-electron chi connectivity index (χ0n) is 6.69. The van der Waals surface area contributed by atoms with Crippen molar-refractivity contribution in [1.29, 1.82) is 0 Å². The molecule has 0 fully saturated rings. The van der Waals surface area contributed by atoms with Crippen LogP contribution in [0.15, 0.2) is 28.9 Å². The summed E-state index contributed by atoms with van der Waals surface area (Å²) >= 11 is 0. The summed E-state index contributed by atoms with van der Waals surface area (Å²) in [4.78, 5) is 0. The lowest BCUT2D eigenvalue weighted by atomic mass is 10.3. The quantitative estimate of drug-likeness (QED) is 0.688. The van der Waals surface area contributed by atoms with E-state index in [0.717, 1.165) is 11.4 Å². The van der Waals surface area contributed by atoms with E-state index in [4.69, 9.17) is 10.3 Å².